The van der Waals surface area contributed by atoms with Crippen LogP contribution in [-0.4, -0.2) is 14.8 Å². The molecule has 6 heteroatoms. The predicted octanol–water partition coefficient (Wildman–Crippen LogP) is 6.04. The molecule has 2 heterocycles. The second kappa shape index (κ2) is 7.35. The van der Waals surface area contributed by atoms with E-state index in [1.54, 1.807) is 11.6 Å². The highest BCUT2D eigenvalue weighted by atomic mass is 19.4. The minimum atomic E-state index is -4.50. The molecule has 29 heavy (non-hydrogen) atoms. The first-order chi connectivity index (χ1) is 13.9. The molecule has 148 valence electrons. The van der Waals surface area contributed by atoms with Gasteiger partial charge in [0.15, 0.2) is 5.65 Å². The van der Waals surface area contributed by atoms with Crippen molar-refractivity contribution in [1.29, 1.82) is 0 Å². The maximum atomic E-state index is 13.9. The molecule has 0 atom stereocenters. The SMILES string of the molecule is CCc1ccc(-c2cc(C(F)(F)F)c3c(C)nn(Cc4ccccc4)c3n2)cc1. The van der Waals surface area contributed by atoms with Crippen molar-refractivity contribution in [3.8, 4) is 11.3 Å². The van der Waals surface area contributed by atoms with Crippen molar-refractivity contribution in [2.45, 2.75) is 33.0 Å². The van der Waals surface area contributed by atoms with Crippen molar-refractivity contribution in [2.24, 2.45) is 0 Å². The molecule has 4 aromatic rings. The summed E-state index contributed by atoms with van der Waals surface area (Å²) in [6, 6.07) is 18.1. The van der Waals surface area contributed by atoms with Crippen LogP contribution in [0.3, 0.4) is 0 Å². The van der Waals surface area contributed by atoms with E-state index in [1.165, 1.54) is 0 Å². The van der Waals surface area contributed by atoms with E-state index < -0.39 is 11.7 Å². The maximum absolute atomic E-state index is 13.9. The van der Waals surface area contributed by atoms with Crippen LogP contribution in [0.15, 0.2) is 60.7 Å². The highest BCUT2D eigenvalue weighted by Crippen LogP contribution is 2.38. The summed E-state index contributed by atoms with van der Waals surface area (Å²) in [5, 5.41) is 4.43. The number of halogens is 3. The van der Waals surface area contributed by atoms with Crippen molar-refractivity contribution >= 4 is 11.0 Å². The largest absolute Gasteiger partial charge is 0.417 e. The Labute approximate surface area is 166 Å². The first kappa shape index (κ1) is 19.2. The smallest absolute Gasteiger partial charge is 0.243 e. The fourth-order valence-corrected chi connectivity index (χ4v) is 3.50. The number of aryl methyl sites for hydroxylation is 2. The summed E-state index contributed by atoms with van der Waals surface area (Å²) in [5.74, 6) is 0. The maximum Gasteiger partial charge on any atom is 0.417 e. The topological polar surface area (TPSA) is 30.7 Å². The Bertz CT molecular complexity index is 1140. The van der Waals surface area contributed by atoms with Gasteiger partial charge in [0.2, 0.25) is 0 Å². The number of nitrogens with zero attached hydrogens (tertiary/aromatic N) is 3. The van der Waals surface area contributed by atoms with Crippen LogP contribution in [0.2, 0.25) is 0 Å². The van der Waals surface area contributed by atoms with E-state index in [0.717, 1.165) is 23.6 Å². The van der Waals surface area contributed by atoms with Crippen LogP contribution < -0.4 is 0 Å². The fraction of sp³-hybridized carbons (Fsp3) is 0.217. The molecule has 0 aliphatic rings. The van der Waals surface area contributed by atoms with Gasteiger partial charge in [0.25, 0.3) is 0 Å². The number of aromatic nitrogens is 3. The monoisotopic (exact) mass is 395 g/mol. The summed E-state index contributed by atoms with van der Waals surface area (Å²) in [4.78, 5) is 4.59. The number of benzene rings is 2. The molecule has 0 saturated heterocycles. The van der Waals surface area contributed by atoms with Crippen LogP contribution in [0.5, 0.6) is 0 Å². The molecule has 2 aromatic carbocycles. The van der Waals surface area contributed by atoms with Crippen molar-refractivity contribution in [2.75, 3.05) is 0 Å². The summed E-state index contributed by atoms with van der Waals surface area (Å²) in [6.07, 6.45) is -3.63. The van der Waals surface area contributed by atoms with Crippen LogP contribution in [0.4, 0.5) is 13.2 Å². The lowest BCUT2D eigenvalue weighted by atomic mass is 10.0. The van der Waals surface area contributed by atoms with E-state index in [1.807, 2.05) is 61.5 Å². The molecule has 4 rings (SSSR count). The van der Waals surface area contributed by atoms with Gasteiger partial charge in [0.05, 0.1) is 28.9 Å². The van der Waals surface area contributed by atoms with Crippen molar-refractivity contribution < 1.29 is 13.2 Å². The van der Waals surface area contributed by atoms with Gasteiger partial charge < -0.3 is 0 Å². The second-order valence-corrected chi connectivity index (χ2v) is 7.03. The fourth-order valence-electron chi connectivity index (χ4n) is 3.50. The minimum absolute atomic E-state index is 0.0577. The highest BCUT2D eigenvalue weighted by molar-refractivity contribution is 5.85. The summed E-state index contributed by atoms with van der Waals surface area (Å²) >= 11 is 0. The molecule has 0 aliphatic carbocycles. The average molecular weight is 395 g/mol. The van der Waals surface area contributed by atoms with Gasteiger partial charge in [-0.25, -0.2) is 9.67 Å². The predicted molar refractivity (Wildman–Crippen MR) is 108 cm³/mol. The Morgan fingerprint density at radius 2 is 1.62 bits per heavy atom. The average Bonchev–Trinajstić information content (AvgIpc) is 3.03. The standard InChI is InChI=1S/C23H20F3N3/c1-3-16-9-11-18(12-10-16)20-13-19(23(24,25)26)21-15(2)28-29(22(21)27-20)14-17-7-5-4-6-8-17/h4-13H,3,14H2,1-2H3. The van der Waals surface area contributed by atoms with Gasteiger partial charge in [-0.3, -0.25) is 0 Å². The number of hydrogen-bond donors (Lipinski definition) is 0. The van der Waals surface area contributed by atoms with E-state index in [4.69, 9.17) is 0 Å². The quantitative estimate of drug-likeness (QED) is 0.422. The lowest BCUT2D eigenvalue weighted by Crippen LogP contribution is -2.08. The second-order valence-electron chi connectivity index (χ2n) is 7.03. The molecular weight excluding hydrogens is 375 g/mol. The normalized spacial score (nSPS) is 11.9. The first-order valence-corrected chi connectivity index (χ1v) is 9.45. The molecule has 0 fully saturated rings. The van der Waals surface area contributed by atoms with Gasteiger partial charge in [-0.1, -0.05) is 61.5 Å². The lowest BCUT2D eigenvalue weighted by Gasteiger charge is -2.12. The molecule has 0 spiro atoms. The molecule has 0 saturated carbocycles. The summed E-state index contributed by atoms with van der Waals surface area (Å²) in [5.41, 5.74) is 2.88. The van der Waals surface area contributed by atoms with Gasteiger partial charge in [0.1, 0.15) is 0 Å². The third-order valence-corrected chi connectivity index (χ3v) is 5.02. The van der Waals surface area contributed by atoms with Crippen LogP contribution in [-0.2, 0) is 19.1 Å². The van der Waals surface area contributed by atoms with Crippen molar-refractivity contribution in [3.05, 3.63) is 83.0 Å². The minimum Gasteiger partial charge on any atom is -0.243 e. The summed E-state index contributed by atoms with van der Waals surface area (Å²) in [7, 11) is 0. The van der Waals surface area contributed by atoms with Gasteiger partial charge in [-0.2, -0.15) is 18.3 Å². The highest BCUT2D eigenvalue weighted by Gasteiger charge is 2.35. The molecule has 0 amide bonds. The third kappa shape index (κ3) is 3.75. The number of rotatable bonds is 4. The molecule has 0 unspecified atom stereocenters. The van der Waals surface area contributed by atoms with E-state index in [2.05, 4.69) is 10.1 Å². The van der Waals surface area contributed by atoms with E-state index in [9.17, 15) is 13.2 Å². The van der Waals surface area contributed by atoms with Gasteiger partial charge in [-0.15, -0.1) is 0 Å². The number of alkyl halides is 3. The molecule has 2 aromatic heterocycles. The number of hydrogen-bond acceptors (Lipinski definition) is 2. The zero-order valence-electron chi connectivity index (χ0n) is 16.2. The molecular formula is C23H20F3N3. The van der Waals surface area contributed by atoms with Crippen molar-refractivity contribution in [1.82, 2.24) is 14.8 Å². The van der Waals surface area contributed by atoms with Gasteiger partial charge in [-0.05, 0) is 30.5 Å². The molecule has 0 aliphatic heterocycles. The van der Waals surface area contributed by atoms with E-state index >= 15 is 0 Å². The van der Waals surface area contributed by atoms with E-state index in [0.29, 0.717) is 23.5 Å². The summed E-state index contributed by atoms with van der Waals surface area (Å²) < 4.78 is 43.2. The summed E-state index contributed by atoms with van der Waals surface area (Å²) in [6.45, 7) is 3.98. The van der Waals surface area contributed by atoms with Crippen LogP contribution >= 0.6 is 0 Å². The number of fused-ring (bicyclic) bond motifs is 1. The Hall–Kier alpha value is -3.15. The molecule has 0 radical (unpaired) electrons. The Kier molecular flexibility index (Phi) is 4.86. The lowest BCUT2D eigenvalue weighted by molar-refractivity contribution is -0.136. The Morgan fingerprint density at radius 1 is 0.931 bits per heavy atom. The Balaban J connectivity index is 1.92. The molecule has 0 N–H and O–H groups in total. The zero-order valence-corrected chi connectivity index (χ0v) is 16.2. The zero-order chi connectivity index (χ0) is 20.6. The van der Waals surface area contributed by atoms with Crippen LogP contribution in [0.25, 0.3) is 22.3 Å². The number of pyridine rings is 1. The van der Waals surface area contributed by atoms with Gasteiger partial charge >= 0.3 is 6.18 Å². The molecule has 3 nitrogen and oxygen atoms in total. The van der Waals surface area contributed by atoms with Crippen LogP contribution in [0.1, 0.15) is 29.3 Å². The molecule has 0 bridgehead atoms. The van der Waals surface area contributed by atoms with E-state index in [-0.39, 0.29) is 11.0 Å². The first-order valence-electron chi connectivity index (χ1n) is 9.45. The van der Waals surface area contributed by atoms with Crippen LogP contribution in [0, 0.1) is 6.92 Å². The van der Waals surface area contributed by atoms with Gasteiger partial charge in [0, 0.05) is 5.56 Å². The van der Waals surface area contributed by atoms with Crippen molar-refractivity contribution in [3.63, 3.8) is 0 Å². The third-order valence-electron chi connectivity index (χ3n) is 5.02. The Morgan fingerprint density at radius 3 is 2.24 bits per heavy atom.